The number of nitrogens with zero attached hydrogens (tertiary/aromatic N) is 1. The number of hydrogen-bond acceptors (Lipinski definition) is 8. The lowest BCUT2D eigenvalue weighted by Crippen LogP contribution is -2.31. The normalized spacial score (nSPS) is 16.9. The molecule has 0 aromatic heterocycles. The monoisotopic (exact) mass is 672 g/mol. The van der Waals surface area contributed by atoms with Crippen LogP contribution >= 0.6 is 0 Å². The Kier molecular flexibility index (Phi) is 12.8. The molecule has 10 nitrogen and oxygen atoms in total. The van der Waals surface area contributed by atoms with Gasteiger partial charge in [0.05, 0.1) is 30.6 Å². The summed E-state index contributed by atoms with van der Waals surface area (Å²) < 4.78 is 17.7. The largest absolute Gasteiger partial charge is 0.494 e. The Morgan fingerprint density at radius 2 is 1.47 bits per heavy atom. The van der Waals surface area contributed by atoms with E-state index in [1.165, 1.54) is 6.92 Å². The van der Waals surface area contributed by atoms with E-state index in [1.807, 2.05) is 92.6 Å². The van der Waals surface area contributed by atoms with Gasteiger partial charge in [-0.25, -0.2) is 4.79 Å². The van der Waals surface area contributed by atoms with E-state index in [-0.39, 0.29) is 31.4 Å². The number of carboxylic acid groups (broad SMARTS) is 1. The second-order valence-electron chi connectivity index (χ2n) is 12.9. The number of carbonyl (C=O) groups is 4. The number of cyclic esters (lactones) is 1. The molecule has 0 aliphatic carbocycles. The Bertz CT molecular complexity index is 1590. The third kappa shape index (κ3) is 8.99. The van der Waals surface area contributed by atoms with Crippen LogP contribution in [0.1, 0.15) is 85.8 Å². The molecule has 0 bridgehead atoms. The lowest BCUT2D eigenvalue weighted by atomic mass is 9.80. The van der Waals surface area contributed by atoms with Crippen molar-refractivity contribution in [3.05, 3.63) is 95.1 Å². The highest BCUT2D eigenvalue weighted by molar-refractivity contribution is 5.96. The highest BCUT2D eigenvalue weighted by Gasteiger charge is 2.48. The van der Waals surface area contributed by atoms with Crippen LogP contribution in [-0.2, 0) is 29.5 Å². The molecule has 3 N–H and O–H groups in total. The second-order valence-corrected chi connectivity index (χ2v) is 12.9. The summed E-state index contributed by atoms with van der Waals surface area (Å²) in [6, 6.07) is 23.2. The zero-order valence-corrected chi connectivity index (χ0v) is 28.9. The number of esters is 2. The number of amides is 1. The number of ether oxygens (including phenoxy) is 3. The van der Waals surface area contributed by atoms with E-state index in [4.69, 9.17) is 19.9 Å². The Labute approximate surface area is 288 Å². The lowest BCUT2D eigenvalue weighted by molar-refractivity contribution is -0.149. The first-order valence-electron chi connectivity index (χ1n) is 17.0. The summed E-state index contributed by atoms with van der Waals surface area (Å²) >= 11 is 0. The van der Waals surface area contributed by atoms with E-state index in [0.29, 0.717) is 30.8 Å². The zero-order valence-electron chi connectivity index (χ0n) is 28.9. The maximum Gasteiger partial charge on any atom is 0.340 e. The predicted molar refractivity (Wildman–Crippen MR) is 186 cm³/mol. The summed E-state index contributed by atoms with van der Waals surface area (Å²) in [5, 5.41) is 9.17. The van der Waals surface area contributed by atoms with Crippen LogP contribution in [0.3, 0.4) is 0 Å². The molecule has 0 spiro atoms. The molecule has 3 aromatic carbocycles. The third-order valence-electron chi connectivity index (χ3n) is 9.23. The van der Waals surface area contributed by atoms with Gasteiger partial charge in [-0.05, 0) is 75.3 Å². The van der Waals surface area contributed by atoms with Crippen LogP contribution in [0.4, 0.5) is 5.69 Å². The van der Waals surface area contributed by atoms with Gasteiger partial charge in [0.1, 0.15) is 5.75 Å². The van der Waals surface area contributed by atoms with Crippen LogP contribution in [0.2, 0.25) is 0 Å². The summed E-state index contributed by atoms with van der Waals surface area (Å²) in [4.78, 5) is 50.7. The summed E-state index contributed by atoms with van der Waals surface area (Å²) in [5.41, 5.74) is 8.51. The number of primary amides is 1. The highest BCUT2D eigenvalue weighted by Crippen LogP contribution is 2.47. The third-order valence-corrected chi connectivity index (χ3v) is 9.23. The van der Waals surface area contributed by atoms with Gasteiger partial charge in [0.2, 0.25) is 5.91 Å². The molecule has 262 valence electrons. The number of fused-ring (bicyclic) bond motifs is 1. The Morgan fingerprint density at radius 1 is 0.857 bits per heavy atom. The average molecular weight is 673 g/mol. The Hall–Kier alpha value is -4.86. The van der Waals surface area contributed by atoms with Gasteiger partial charge in [-0.2, -0.15) is 0 Å². The summed E-state index contributed by atoms with van der Waals surface area (Å²) in [5.74, 6) is -3.55. The number of nitrogens with two attached hydrogens (primary N) is 1. The molecule has 3 aromatic rings. The van der Waals surface area contributed by atoms with E-state index in [9.17, 15) is 24.3 Å². The topological polar surface area (TPSA) is 145 Å². The van der Waals surface area contributed by atoms with Gasteiger partial charge in [-0.1, -0.05) is 56.3 Å². The van der Waals surface area contributed by atoms with E-state index in [2.05, 4.69) is 0 Å². The molecule has 1 aliphatic rings. The molecule has 0 radical (unpaired) electrons. The number of anilines is 1. The molecule has 4 atom stereocenters. The van der Waals surface area contributed by atoms with Crippen molar-refractivity contribution in [2.75, 3.05) is 32.2 Å². The number of unbranched alkanes of at least 4 members (excludes halogenated alkanes) is 3. The van der Waals surface area contributed by atoms with Crippen molar-refractivity contribution < 1.29 is 38.5 Å². The van der Waals surface area contributed by atoms with Crippen molar-refractivity contribution in [1.82, 2.24) is 0 Å². The van der Waals surface area contributed by atoms with Crippen molar-refractivity contribution in [3.8, 4) is 5.75 Å². The maximum atomic E-state index is 13.0. The second kappa shape index (κ2) is 17.0. The zero-order chi connectivity index (χ0) is 35.6. The predicted octanol–water partition coefficient (Wildman–Crippen LogP) is 6.33. The molecule has 1 aliphatic heterocycles. The SMILES string of the molecule is CCC(CC(CC(C)C(=O)O)C(N)=O)C(=O)OCCCCCCOc1ccc(C2(c3ccc(N(C)C)cc3)OC(=O)c3ccccc32)cc1. The fraction of sp³-hybridized carbons (Fsp3) is 0.436. The van der Waals surface area contributed by atoms with Crippen LogP contribution in [0.15, 0.2) is 72.8 Å². The van der Waals surface area contributed by atoms with E-state index < -0.39 is 35.2 Å². The number of hydrogen-bond donors (Lipinski definition) is 2. The van der Waals surface area contributed by atoms with Gasteiger partial charge in [-0.3, -0.25) is 14.4 Å². The summed E-state index contributed by atoms with van der Waals surface area (Å²) in [6.07, 6.45) is 4.02. The minimum Gasteiger partial charge on any atom is -0.494 e. The van der Waals surface area contributed by atoms with Crippen LogP contribution in [0.25, 0.3) is 0 Å². The molecule has 4 unspecified atom stereocenters. The van der Waals surface area contributed by atoms with Crippen molar-refractivity contribution in [2.45, 2.75) is 64.4 Å². The van der Waals surface area contributed by atoms with Gasteiger partial charge in [0, 0.05) is 42.4 Å². The van der Waals surface area contributed by atoms with Crippen LogP contribution in [-0.4, -0.2) is 56.2 Å². The molecule has 0 saturated heterocycles. The average Bonchev–Trinajstić information content (AvgIpc) is 3.40. The summed E-state index contributed by atoms with van der Waals surface area (Å²) in [6.45, 7) is 4.16. The fourth-order valence-electron chi connectivity index (χ4n) is 6.26. The van der Waals surface area contributed by atoms with Crippen LogP contribution < -0.4 is 15.4 Å². The number of carbonyl (C=O) groups excluding carboxylic acids is 3. The summed E-state index contributed by atoms with van der Waals surface area (Å²) in [7, 11) is 3.96. The van der Waals surface area contributed by atoms with Gasteiger partial charge >= 0.3 is 17.9 Å². The molecule has 0 saturated carbocycles. The number of benzene rings is 3. The first kappa shape index (κ1) is 37.0. The van der Waals surface area contributed by atoms with Crippen LogP contribution in [0.5, 0.6) is 5.75 Å². The van der Waals surface area contributed by atoms with Gasteiger partial charge < -0.3 is 30.0 Å². The quantitative estimate of drug-likeness (QED) is 0.110. The fourth-order valence-corrected chi connectivity index (χ4v) is 6.26. The van der Waals surface area contributed by atoms with Gasteiger partial charge in [-0.15, -0.1) is 0 Å². The van der Waals surface area contributed by atoms with Crippen molar-refractivity contribution in [1.29, 1.82) is 0 Å². The van der Waals surface area contributed by atoms with Gasteiger partial charge in [0.15, 0.2) is 5.60 Å². The minimum atomic E-state index is -1.07. The molecule has 49 heavy (non-hydrogen) atoms. The van der Waals surface area contributed by atoms with Crippen molar-refractivity contribution in [2.24, 2.45) is 23.5 Å². The van der Waals surface area contributed by atoms with E-state index in [1.54, 1.807) is 6.07 Å². The van der Waals surface area contributed by atoms with E-state index >= 15 is 0 Å². The van der Waals surface area contributed by atoms with Crippen molar-refractivity contribution in [3.63, 3.8) is 0 Å². The van der Waals surface area contributed by atoms with E-state index in [0.717, 1.165) is 41.6 Å². The standard InChI is InChI=1S/C39H48N2O8/c1-5-27(25-28(35(40)42)24-26(2)36(43)44)37(45)48-23-11-7-6-10-22-47-32-20-16-30(17-21-32)39(29-14-18-31(19-15-29)41(3)4)34-13-9-8-12-33(34)38(46)49-39/h8-9,12-21,26-28H,5-7,10-11,22-25H2,1-4H3,(H2,40,42)(H,43,44). The smallest absolute Gasteiger partial charge is 0.340 e. The molecule has 1 heterocycles. The maximum absolute atomic E-state index is 13.0. The molecular weight excluding hydrogens is 624 g/mol. The molecule has 1 amide bonds. The van der Waals surface area contributed by atoms with Crippen LogP contribution in [0, 0.1) is 17.8 Å². The van der Waals surface area contributed by atoms with Crippen molar-refractivity contribution >= 4 is 29.5 Å². The Balaban J connectivity index is 1.25. The molecular formula is C39H48N2O8. The highest BCUT2D eigenvalue weighted by atomic mass is 16.6. The minimum absolute atomic E-state index is 0.0943. The molecule has 4 rings (SSSR count). The number of aliphatic carboxylic acids is 1. The molecule has 0 fully saturated rings. The van der Waals surface area contributed by atoms with Gasteiger partial charge in [0.25, 0.3) is 0 Å². The Morgan fingerprint density at radius 3 is 2.06 bits per heavy atom. The first-order chi connectivity index (χ1) is 23.5. The first-order valence-corrected chi connectivity index (χ1v) is 17.0. The lowest BCUT2D eigenvalue weighted by Gasteiger charge is -2.30. The molecule has 10 heteroatoms. The number of carboxylic acids is 1. The number of rotatable bonds is 19.